The number of nitrogens with zero attached hydrogens (tertiary/aromatic N) is 1. The highest BCUT2D eigenvalue weighted by Crippen LogP contribution is 2.07. The number of rotatable bonds is 2. The number of H-pyrrole nitrogens is 1. The van der Waals surface area contributed by atoms with Crippen LogP contribution in [0.15, 0.2) is 36.8 Å². The minimum absolute atomic E-state index is 0.180. The molecule has 2 rings (SSSR count). The van der Waals surface area contributed by atoms with Crippen molar-refractivity contribution in [3.05, 3.63) is 53.9 Å². The number of hydrogen-bond donors (Lipinski definition) is 1. The Labute approximate surface area is 95.8 Å². The van der Waals surface area contributed by atoms with Crippen molar-refractivity contribution in [2.75, 3.05) is 0 Å². The maximum Gasteiger partial charge on any atom is 0.241 e. The monoisotopic (exact) mass is 221 g/mol. The van der Waals surface area contributed by atoms with Gasteiger partial charge in [-0.1, -0.05) is 26.0 Å². The molecule has 0 bridgehead atoms. The fourth-order valence-corrected chi connectivity index (χ4v) is 1.46. The van der Waals surface area contributed by atoms with Crippen LogP contribution in [-0.4, -0.2) is 4.98 Å². The number of nitrogens with one attached hydrogen (secondary N) is 1. The normalized spacial score (nSPS) is 9.50. The van der Waals surface area contributed by atoms with E-state index >= 15 is 0 Å². The van der Waals surface area contributed by atoms with Crippen LogP contribution in [0.1, 0.15) is 25.1 Å². The number of halogens is 1. The maximum atomic E-state index is 12.9. The van der Waals surface area contributed by atoms with Crippen molar-refractivity contribution in [2.45, 2.75) is 20.3 Å². The molecule has 0 radical (unpaired) electrons. The molecule has 0 fully saturated rings. The largest absolute Gasteiger partial charge is 0.250 e. The third-order valence-electron chi connectivity index (χ3n) is 2.25. The van der Waals surface area contributed by atoms with Crippen LogP contribution in [0.3, 0.4) is 0 Å². The first kappa shape index (κ1) is 12.4. The zero-order valence-corrected chi connectivity index (χ0v) is 10.00. The van der Waals surface area contributed by atoms with Crippen LogP contribution in [0.25, 0.3) is 0 Å². The predicted molar refractivity (Wildman–Crippen MR) is 62.5 cm³/mol. The Morgan fingerprint density at radius 2 is 2.06 bits per heavy atom. The highest BCUT2D eigenvalue weighted by atomic mass is 19.1. The average molecular weight is 221 g/mol. The summed E-state index contributed by atoms with van der Waals surface area (Å²) in [5, 5.41) is 0. The van der Waals surface area contributed by atoms with E-state index in [1.807, 2.05) is 44.1 Å². The minimum atomic E-state index is -0.180. The van der Waals surface area contributed by atoms with E-state index in [2.05, 4.69) is 4.98 Å². The topological polar surface area (TPSA) is 19.7 Å². The van der Waals surface area contributed by atoms with Gasteiger partial charge in [-0.2, -0.15) is 0 Å². The molecule has 0 aliphatic carbocycles. The first-order chi connectivity index (χ1) is 7.75. The molecule has 0 unspecified atom stereocenters. The molecular weight excluding hydrogens is 203 g/mol. The predicted octanol–water partition coefficient (Wildman–Crippen LogP) is 2.60. The van der Waals surface area contributed by atoms with E-state index in [1.165, 1.54) is 6.07 Å². The first-order valence-electron chi connectivity index (χ1n) is 5.51. The Morgan fingerprint density at radius 3 is 2.62 bits per heavy atom. The molecule has 0 aliphatic heterocycles. The van der Waals surface area contributed by atoms with E-state index in [0.717, 1.165) is 17.7 Å². The Morgan fingerprint density at radius 1 is 1.31 bits per heavy atom. The van der Waals surface area contributed by atoms with Crippen molar-refractivity contribution in [1.82, 2.24) is 4.98 Å². The fourth-order valence-electron chi connectivity index (χ4n) is 1.46. The smallest absolute Gasteiger partial charge is 0.241 e. The van der Waals surface area contributed by atoms with Crippen molar-refractivity contribution < 1.29 is 8.96 Å². The van der Waals surface area contributed by atoms with Crippen molar-refractivity contribution in [1.29, 1.82) is 0 Å². The lowest BCUT2D eigenvalue weighted by Crippen LogP contribution is -2.29. The van der Waals surface area contributed by atoms with Gasteiger partial charge in [0, 0.05) is 6.42 Å². The Bertz CT molecular complexity index is 435. The Kier molecular flexibility index (Phi) is 4.70. The van der Waals surface area contributed by atoms with Crippen molar-refractivity contribution >= 4 is 0 Å². The van der Waals surface area contributed by atoms with E-state index in [9.17, 15) is 4.39 Å². The van der Waals surface area contributed by atoms with Gasteiger partial charge in [-0.25, -0.2) is 13.9 Å². The lowest BCUT2D eigenvalue weighted by molar-refractivity contribution is -0.677. The van der Waals surface area contributed by atoms with Gasteiger partial charge < -0.3 is 0 Å². The quantitative estimate of drug-likeness (QED) is 0.752. The number of benzene rings is 1. The van der Waals surface area contributed by atoms with Crippen LogP contribution >= 0.6 is 0 Å². The number of imidazole rings is 1. The summed E-state index contributed by atoms with van der Waals surface area (Å²) < 4.78 is 14.9. The minimum Gasteiger partial charge on any atom is -0.250 e. The van der Waals surface area contributed by atoms with E-state index in [0.29, 0.717) is 0 Å². The van der Waals surface area contributed by atoms with Crippen LogP contribution in [0.4, 0.5) is 4.39 Å². The molecule has 2 aromatic rings. The fraction of sp³-hybridized carbons (Fsp3) is 0.308. The average Bonchev–Trinajstić information content (AvgIpc) is 2.68. The second-order valence-corrected chi connectivity index (χ2v) is 3.35. The molecule has 16 heavy (non-hydrogen) atoms. The van der Waals surface area contributed by atoms with Gasteiger partial charge in [0.25, 0.3) is 0 Å². The molecule has 0 atom stereocenters. The van der Waals surface area contributed by atoms with Crippen LogP contribution in [0, 0.1) is 5.82 Å². The Hall–Kier alpha value is -1.64. The SMILES string of the molecule is CC.C[n+]1c[nH]cc1Cc1cccc(F)c1. The van der Waals surface area contributed by atoms with Crippen molar-refractivity contribution in [2.24, 2.45) is 7.05 Å². The molecule has 0 saturated heterocycles. The van der Waals surface area contributed by atoms with Gasteiger partial charge in [0.05, 0.1) is 7.05 Å². The van der Waals surface area contributed by atoms with E-state index < -0.39 is 0 Å². The molecule has 3 heteroatoms. The molecular formula is C13H18FN2+. The number of aryl methyl sites for hydroxylation is 1. The zero-order chi connectivity index (χ0) is 12.0. The highest BCUT2D eigenvalue weighted by molar-refractivity contribution is 5.19. The van der Waals surface area contributed by atoms with Gasteiger partial charge in [-0.05, 0) is 17.7 Å². The van der Waals surface area contributed by atoms with Gasteiger partial charge in [-0.15, -0.1) is 0 Å². The molecule has 86 valence electrons. The first-order valence-corrected chi connectivity index (χ1v) is 5.51. The second kappa shape index (κ2) is 6.05. The number of aromatic amines is 1. The molecule has 2 nitrogen and oxygen atoms in total. The van der Waals surface area contributed by atoms with Crippen LogP contribution < -0.4 is 4.57 Å². The van der Waals surface area contributed by atoms with Crippen LogP contribution in [-0.2, 0) is 13.5 Å². The van der Waals surface area contributed by atoms with Crippen molar-refractivity contribution in [3.63, 3.8) is 0 Å². The summed E-state index contributed by atoms with van der Waals surface area (Å²) in [4.78, 5) is 3.00. The van der Waals surface area contributed by atoms with Gasteiger partial charge >= 0.3 is 0 Å². The molecule has 1 N–H and O–H groups in total. The maximum absolute atomic E-state index is 12.9. The summed E-state index contributed by atoms with van der Waals surface area (Å²) in [5.74, 6) is -0.180. The van der Waals surface area contributed by atoms with Gasteiger partial charge in [-0.3, -0.25) is 0 Å². The van der Waals surface area contributed by atoms with E-state index in [1.54, 1.807) is 12.1 Å². The number of aromatic nitrogens is 2. The molecule has 1 aromatic carbocycles. The molecule has 1 heterocycles. The molecule has 0 spiro atoms. The zero-order valence-electron chi connectivity index (χ0n) is 10.00. The van der Waals surface area contributed by atoms with Crippen LogP contribution in [0.2, 0.25) is 0 Å². The third-order valence-corrected chi connectivity index (χ3v) is 2.25. The van der Waals surface area contributed by atoms with E-state index in [-0.39, 0.29) is 5.82 Å². The molecule has 0 saturated carbocycles. The molecule has 0 aliphatic rings. The lowest BCUT2D eigenvalue weighted by Gasteiger charge is -1.98. The summed E-state index contributed by atoms with van der Waals surface area (Å²) in [7, 11) is 1.96. The third kappa shape index (κ3) is 3.19. The molecule has 1 aromatic heterocycles. The van der Waals surface area contributed by atoms with Gasteiger partial charge in [0.15, 0.2) is 0 Å². The summed E-state index contributed by atoms with van der Waals surface area (Å²) in [6, 6.07) is 6.68. The summed E-state index contributed by atoms with van der Waals surface area (Å²) in [6.45, 7) is 4.00. The van der Waals surface area contributed by atoms with Gasteiger partial charge in [0.2, 0.25) is 6.33 Å². The summed E-state index contributed by atoms with van der Waals surface area (Å²) in [5.41, 5.74) is 2.12. The summed E-state index contributed by atoms with van der Waals surface area (Å²) in [6.07, 6.45) is 4.54. The summed E-state index contributed by atoms with van der Waals surface area (Å²) >= 11 is 0. The molecule has 0 amide bonds. The van der Waals surface area contributed by atoms with Crippen LogP contribution in [0.5, 0.6) is 0 Å². The standard InChI is InChI=1S/C11H11FN2.C2H6/c1-14-8-13-7-11(14)6-9-3-2-4-10(12)5-9;1-2/h2-5,7-8H,6H2,1H3;1-2H3/p+1. The van der Waals surface area contributed by atoms with Crippen molar-refractivity contribution in [3.8, 4) is 0 Å². The second-order valence-electron chi connectivity index (χ2n) is 3.35. The Balaban J connectivity index is 0.000000606. The van der Waals surface area contributed by atoms with E-state index in [4.69, 9.17) is 0 Å². The number of hydrogen-bond acceptors (Lipinski definition) is 0. The highest BCUT2D eigenvalue weighted by Gasteiger charge is 2.05. The lowest BCUT2D eigenvalue weighted by atomic mass is 10.1. The van der Waals surface area contributed by atoms with Gasteiger partial charge in [0.1, 0.15) is 17.7 Å².